The Morgan fingerprint density at radius 3 is 2.42 bits per heavy atom. The molecular formula is C20H13ClF4N6. The number of aromatic amines is 1. The van der Waals surface area contributed by atoms with Crippen molar-refractivity contribution in [3.8, 4) is 22.6 Å². The molecule has 0 saturated heterocycles. The molecular weight excluding hydrogens is 436 g/mol. The topological polar surface area (TPSA) is 79.4 Å². The summed E-state index contributed by atoms with van der Waals surface area (Å²) in [7, 11) is 0. The molecule has 0 radical (unpaired) electrons. The molecule has 3 aromatic heterocycles. The van der Waals surface area contributed by atoms with E-state index in [1.807, 2.05) is 0 Å². The average molecular weight is 449 g/mol. The van der Waals surface area contributed by atoms with Gasteiger partial charge in [0.1, 0.15) is 11.5 Å². The summed E-state index contributed by atoms with van der Waals surface area (Å²) in [5, 5.41) is 9.21. The zero-order chi connectivity index (χ0) is 22.0. The molecule has 2 N–H and O–H groups in total. The van der Waals surface area contributed by atoms with Gasteiger partial charge in [-0.15, -0.1) is 0 Å². The summed E-state index contributed by atoms with van der Waals surface area (Å²) in [5.41, 5.74) is 0.829. The predicted molar refractivity (Wildman–Crippen MR) is 107 cm³/mol. The number of pyridine rings is 1. The number of benzene rings is 1. The number of nitrogens with zero attached hydrogens (tertiary/aromatic N) is 4. The van der Waals surface area contributed by atoms with Crippen LogP contribution in [0.15, 0.2) is 55.1 Å². The van der Waals surface area contributed by atoms with Gasteiger partial charge in [0.25, 0.3) is 0 Å². The highest BCUT2D eigenvalue weighted by atomic mass is 35.5. The average Bonchev–Trinajstić information content (AvgIpc) is 3.29. The van der Waals surface area contributed by atoms with Crippen LogP contribution in [-0.4, -0.2) is 25.1 Å². The lowest BCUT2D eigenvalue weighted by atomic mass is 10.2. The van der Waals surface area contributed by atoms with Gasteiger partial charge in [-0.25, -0.2) is 19.3 Å². The predicted octanol–water partition coefficient (Wildman–Crippen LogP) is 5.35. The van der Waals surface area contributed by atoms with Gasteiger partial charge in [0.15, 0.2) is 5.82 Å². The summed E-state index contributed by atoms with van der Waals surface area (Å²) in [6.45, 7) is 0.168. The standard InChI is InChI=1S/C20H13ClF4N6/c21-15-2-1-12(3-16(15)22)19-27-7-11(8-28-19)6-26-14-4-17(13-9-29-30-10-13)31-18(5-14)20(23,24)25/h1-5,7-10H,6H2,(H,26,31)(H,29,30). The van der Waals surface area contributed by atoms with Gasteiger partial charge in [0.2, 0.25) is 0 Å². The minimum Gasteiger partial charge on any atom is -0.381 e. The van der Waals surface area contributed by atoms with Crippen LogP contribution in [0.1, 0.15) is 11.3 Å². The third-order valence-corrected chi connectivity index (χ3v) is 4.60. The summed E-state index contributed by atoms with van der Waals surface area (Å²) in [6, 6.07) is 6.64. The molecule has 0 aliphatic rings. The first-order valence-electron chi connectivity index (χ1n) is 8.88. The van der Waals surface area contributed by atoms with Gasteiger partial charge in [-0.2, -0.15) is 18.3 Å². The van der Waals surface area contributed by atoms with Crippen molar-refractivity contribution in [1.82, 2.24) is 25.1 Å². The van der Waals surface area contributed by atoms with E-state index in [0.29, 0.717) is 22.5 Å². The first kappa shape index (κ1) is 20.7. The molecule has 158 valence electrons. The molecule has 6 nitrogen and oxygen atoms in total. The van der Waals surface area contributed by atoms with Crippen LogP contribution in [-0.2, 0) is 12.7 Å². The normalized spacial score (nSPS) is 11.5. The van der Waals surface area contributed by atoms with Crippen molar-refractivity contribution in [2.75, 3.05) is 5.32 Å². The van der Waals surface area contributed by atoms with Gasteiger partial charge >= 0.3 is 6.18 Å². The number of halogens is 5. The van der Waals surface area contributed by atoms with Crippen molar-refractivity contribution in [3.05, 3.63) is 77.2 Å². The highest BCUT2D eigenvalue weighted by molar-refractivity contribution is 6.30. The Balaban J connectivity index is 1.53. The molecule has 3 heterocycles. The molecule has 4 rings (SSSR count). The van der Waals surface area contributed by atoms with Crippen molar-refractivity contribution < 1.29 is 17.6 Å². The van der Waals surface area contributed by atoms with Crippen LogP contribution in [0.4, 0.5) is 23.2 Å². The quantitative estimate of drug-likeness (QED) is 0.402. The zero-order valence-corrected chi connectivity index (χ0v) is 16.3. The highest BCUT2D eigenvalue weighted by Crippen LogP contribution is 2.32. The van der Waals surface area contributed by atoms with Gasteiger partial charge in [-0.3, -0.25) is 5.10 Å². The molecule has 4 aromatic rings. The van der Waals surface area contributed by atoms with Crippen LogP contribution in [0.25, 0.3) is 22.6 Å². The lowest BCUT2D eigenvalue weighted by molar-refractivity contribution is -0.141. The summed E-state index contributed by atoms with van der Waals surface area (Å²) in [6.07, 6.45) is 1.25. The number of nitrogens with one attached hydrogen (secondary N) is 2. The van der Waals surface area contributed by atoms with Crippen molar-refractivity contribution in [1.29, 1.82) is 0 Å². The fourth-order valence-electron chi connectivity index (χ4n) is 2.75. The minimum absolute atomic E-state index is 0.00469. The molecule has 0 spiro atoms. The largest absolute Gasteiger partial charge is 0.433 e. The molecule has 0 bridgehead atoms. The second kappa shape index (κ2) is 8.31. The molecule has 0 saturated carbocycles. The van der Waals surface area contributed by atoms with Gasteiger partial charge < -0.3 is 5.32 Å². The maximum absolute atomic E-state index is 13.6. The Bertz CT molecular complexity index is 1190. The van der Waals surface area contributed by atoms with Crippen LogP contribution in [0, 0.1) is 5.82 Å². The number of aromatic nitrogens is 5. The smallest absolute Gasteiger partial charge is 0.381 e. The summed E-state index contributed by atoms with van der Waals surface area (Å²) in [5.74, 6) is -0.287. The maximum atomic E-state index is 13.6. The van der Waals surface area contributed by atoms with Crippen molar-refractivity contribution in [3.63, 3.8) is 0 Å². The summed E-state index contributed by atoms with van der Waals surface area (Å²) >= 11 is 5.67. The van der Waals surface area contributed by atoms with Crippen LogP contribution in [0.5, 0.6) is 0 Å². The number of H-pyrrole nitrogens is 1. The number of alkyl halides is 3. The van der Waals surface area contributed by atoms with E-state index in [9.17, 15) is 17.6 Å². The first-order valence-corrected chi connectivity index (χ1v) is 9.26. The lowest BCUT2D eigenvalue weighted by Gasteiger charge is -2.12. The summed E-state index contributed by atoms with van der Waals surface area (Å²) < 4.78 is 53.3. The van der Waals surface area contributed by atoms with E-state index in [0.717, 1.165) is 6.07 Å². The van der Waals surface area contributed by atoms with E-state index in [-0.39, 0.29) is 22.9 Å². The van der Waals surface area contributed by atoms with Crippen LogP contribution < -0.4 is 5.32 Å². The zero-order valence-electron chi connectivity index (χ0n) is 15.6. The molecule has 1 aromatic carbocycles. The molecule has 0 atom stereocenters. The van der Waals surface area contributed by atoms with Gasteiger partial charge in [-0.1, -0.05) is 11.6 Å². The Morgan fingerprint density at radius 2 is 1.77 bits per heavy atom. The lowest BCUT2D eigenvalue weighted by Crippen LogP contribution is -2.10. The van der Waals surface area contributed by atoms with E-state index in [4.69, 9.17) is 11.6 Å². The van der Waals surface area contributed by atoms with Crippen molar-refractivity contribution in [2.45, 2.75) is 12.7 Å². The van der Waals surface area contributed by atoms with E-state index in [1.165, 1.54) is 43.0 Å². The fraction of sp³-hybridized carbons (Fsp3) is 0.100. The van der Waals surface area contributed by atoms with Crippen molar-refractivity contribution >= 4 is 17.3 Å². The summed E-state index contributed by atoms with van der Waals surface area (Å²) in [4.78, 5) is 12.0. The van der Waals surface area contributed by atoms with Gasteiger partial charge in [-0.05, 0) is 30.3 Å². The Labute approximate surface area is 178 Å². The molecule has 0 fully saturated rings. The number of hydrogen-bond acceptors (Lipinski definition) is 5. The Kier molecular flexibility index (Phi) is 5.55. The first-order chi connectivity index (χ1) is 14.8. The fourth-order valence-corrected chi connectivity index (χ4v) is 2.87. The highest BCUT2D eigenvalue weighted by Gasteiger charge is 2.33. The van der Waals surface area contributed by atoms with Gasteiger partial charge in [0.05, 0.1) is 16.9 Å². The minimum atomic E-state index is -4.60. The monoisotopic (exact) mass is 448 g/mol. The van der Waals surface area contributed by atoms with E-state index >= 15 is 0 Å². The van der Waals surface area contributed by atoms with E-state index < -0.39 is 17.7 Å². The molecule has 0 unspecified atom stereocenters. The van der Waals surface area contributed by atoms with E-state index in [2.05, 4.69) is 30.5 Å². The van der Waals surface area contributed by atoms with Gasteiger partial charge in [0, 0.05) is 47.5 Å². The Hall–Kier alpha value is -3.53. The van der Waals surface area contributed by atoms with E-state index in [1.54, 1.807) is 6.07 Å². The van der Waals surface area contributed by atoms with Crippen LogP contribution >= 0.6 is 11.6 Å². The third-order valence-electron chi connectivity index (χ3n) is 4.29. The second-order valence-electron chi connectivity index (χ2n) is 6.51. The molecule has 0 aliphatic heterocycles. The molecule has 0 aliphatic carbocycles. The van der Waals surface area contributed by atoms with Crippen LogP contribution in [0.3, 0.4) is 0 Å². The van der Waals surface area contributed by atoms with Crippen molar-refractivity contribution in [2.24, 2.45) is 0 Å². The Morgan fingerprint density at radius 1 is 1.00 bits per heavy atom. The number of hydrogen-bond donors (Lipinski definition) is 2. The number of rotatable bonds is 5. The maximum Gasteiger partial charge on any atom is 0.433 e. The third kappa shape index (κ3) is 4.80. The SMILES string of the molecule is Fc1cc(-c2ncc(CNc3cc(-c4cn[nH]c4)nc(C(F)(F)F)c3)cn2)ccc1Cl. The molecule has 0 amide bonds. The van der Waals surface area contributed by atoms with Crippen LogP contribution in [0.2, 0.25) is 5.02 Å². The molecule has 31 heavy (non-hydrogen) atoms. The second-order valence-corrected chi connectivity index (χ2v) is 6.92. The number of anilines is 1. The molecule has 11 heteroatoms.